The highest BCUT2D eigenvalue weighted by atomic mass is 79.9. The molecule has 0 aliphatic carbocycles. The van der Waals surface area contributed by atoms with Crippen LogP contribution >= 0.6 is 15.9 Å². The summed E-state index contributed by atoms with van der Waals surface area (Å²) in [6.07, 6.45) is 1.38. The van der Waals surface area contributed by atoms with Gasteiger partial charge in [0.05, 0.1) is 0 Å². The number of benzene rings is 2. The van der Waals surface area contributed by atoms with Gasteiger partial charge in [-0.05, 0) is 61.3 Å². The van der Waals surface area contributed by atoms with Crippen molar-refractivity contribution < 1.29 is 8.78 Å². The molecule has 0 aliphatic heterocycles. The highest BCUT2D eigenvalue weighted by Crippen LogP contribution is 2.17. The summed E-state index contributed by atoms with van der Waals surface area (Å²) < 4.78 is 27.3. The van der Waals surface area contributed by atoms with Gasteiger partial charge in [0.2, 0.25) is 0 Å². The number of nitrogens with one attached hydrogen (secondary N) is 1. The molecular formula is C16H16BrF2N. The van der Waals surface area contributed by atoms with Crippen LogP contribution in [-0.4, -0.2) is 13.1 Å². The minimum Gasteiger partial charge on any atom is -0.316 e. The molecule has 0 aromatic heterocycles. The fraction of sp³-hybridized carbons (Fsp3) is 0.250. The molecule has 1 atom stereocenters. The van der Waals surface area contributed by atoms with Crippen LogP contribution in [0.2, 0.25) is 0 Å². The predicted octanol–water partition coefficient (Wildman–Crippen LogP) is 4.10. The molecule has 0 saturated carbocycles. The maximum atomic E-state index is 13.4. The second-order valence-corrected chi connectivity index (χ2v) is 5.72. The van der Waals surface area contributed by atoms with Gasteiger partial charge < -0.3 is 5.32 Å². The zero-order chi connectivity index (χ0) is 14.5. The van der Waals surface area contributed by atoms with Crippen molar-refractivity contribution in [3.8, 4) is 0 Å². The van der Waals surface area contributed by atoms with Crippen molar-refractivity contribution in [2.45, 2.75) is 18.9 Å². The zero-order valence-corrected chi connectivity index (χ0v) is 12.8. The Morgan fingerprint density at radius 1 is 1.00 bits per heavy atom. The third-order valence-electron chi connectivity index (χ3n) is 3.18. The van der Waals surface area contributed by atoms with E-state index in [1.54, 1.807) is 6.07 Å². The van der Waals surface area contributed by atoms with Crippen molar-refractivity contribution in [1.29, 1.82) is 0 Å². The molecular weight excluding hydrogens is 324 g/mol. The molecule has 2 aromatic rings. The van der Waals surface area contributed by atoms with Gasteiger partial charge in [-0.3, -0.25) is 0 Å². The van der Waals surface area contributed by atoms with Gasteiger partial charge in [0, 0.05) is 10.5 Å². The molecule has 0 amide bonds. The predicted molar refractivity (Wildman–Crippen MR) is 80.8 cm³/mol. The molecule has 20 heavy (non-hydrogen) atoms. The lowest BCUT2D eigenvalue weighted by atomic mass is 9.99. The summed E-state index contributed by atoms with van der Waals surface area (Å²) in [7, 11) is 1.86. The van der Waals surface area contributed by atoms with E-state index in [2.05, 4.69) is 21.2 Å². The van der Waals surface area contributed by atoms with Crippen LogP contribution in [0.4, 0.5) is 8.78 Å². The molecule has 0 bridgehead atoms. The molecule has 106 valence electrons. The second kappa shape index (κ2) is 6.95. The molecule has 0 fully saturated rings. The van der Waals surface area contributed by atoms with E-state index in [1.807, 2.05) is 19.2 Å². The average molecular weight is 340 g/mol. The summed E-state index contributed by atoms with van der Waals surface area (Å²) in [5, 5.41) is 3.20. The van der Waals surface area contributed by atoms with E-state index < -0.39 is 0 Å². The minimum atomic E-state index is -0.255. The van der Waals surface area contributed by atoms with Crippen LogP contribution in [0.5, 0.6) is 0 Å². The van der Waals surface area contributed by atoms with Gasteiger partial charge in [-0.15, -0.1) is 0 Å². The Labute approximate surface area is 126 Å². The third-order valence-corrected chi connectivity index (χ3v) is 3.64. The number of rotatable bonds is 5. The highest BCUT2D eigenvalue weighted by Gasteiger charge is 2.10. The van der Waals surface area contributed by atoms with Crippen molar-refractivity contribution in [2.24, 2.45) is 0 Å². The van der Waals surface area contributed by atoms with E-state index in [9.17, 15) is 8.78 Å². The quantitative estimate of drug-likeness (QED) is 0.864. The third kappa shape index (κ3) is 4.39. The Balaban J connectivity index is 2.09. The van der Waals surface area contributed by atoms with E-state index in [-0.39, 0.29) is 17.7 Å². The van der Waals surface area contributed by atoms with Crippen LogP contribution in [0.15, 0.2) is 46.9 Å². The second-order valence-electron chi connectivity index (χ2n) is 4.80. The van der Waals surface area contributed by atoms with Crippen LogP contribution in [0.1, 0.15) is 11.1 Å². The van der Waals surface area contributed by atoms with Gasteiger partial charge in [0.15, 0.2) is 0 Å². The van der Waals surface area contributed by atoms with Crippen molar-refractivity contribution >= 4 is 15.9 Å². The Bertz CT molecular complexity index is 566. The summed E-state index contributed by atoms with van der Waals surface area (Å²) in [6.45, 7) is 0. The van der Waals surface area contributed by atoms with Crippen LogP contribution in [-0.2, 0) is 12.8 Å². The fourth-order valence-corrected chi connectivity index (χ4v) is 2.75. The summed E-state index contributed by atoms with van der Waals surface area (Å²) in [5.74, 6) is -0.485. The molecule has 2 aromatic carbocycles. The summed E-state index contributed by atoms with van der Waals surface area (Å²) >= 11 is 3.29. The van der Waals surface area contributed by atoms with Crippen LogP contribution in [0.25, 0.3) is 0 Å². The highest BCUT2D eigenvalue weighted by molar-refractivity contribution is 9.10. The maximum absolute atomic E-state index is 13.4. The fourth-order valence-electron chi connectivity index (χ4n) is 2.24. The van der Waals surface area contributed by atoms with Gasteiger partial charge in [-0.2, -0.15) is 0 Å². The summed E-state index contributed by atoms with van der Waals surface area (Å²) in [6, 6.07) is 11.6. The molecule has 0 aliphatic rings. The van der Waals surface area contributed by atoms with Crippen molar-refractivity contribution in [3.05, 3.63) is 69.7 Å². The molecule has 0 radical (unpaired) electrons. The lowest BCUT2D eigenvalue weighted by Crippen LogP contribution is -2.30. The lowest BCUT2D eigenvalue weighted by molar-refractivity contribution is 0.549. The van der Waals surface area contributed by atoms with Gasteiger partial charge in [0.1, 0.15) is 11.6 Å². The summed E-state index contributed by atoms with van der Waals surface area (Å²) in [4.78, 5) is 0. The first-order valence-electron chi connectivity index (χ1n) is 6.43. The molecule has 0 saturated heterocycles. The summed E-state index contributed by atoms with van der Waals surface area (Å²) in [5.41, 5.74) is 1.84. The minimum absolute atomic E-state index is 0.130. The number of likely N-dealkylation sites (N-methyl/N-ethyl adjacent to an activating group) is 1. The molecule has 1 unspecified atom stereocenters. The van der Waals surface area contributed by atoms with Gasteiger partial charge in [-0.25, -0.2) is 8.78 Å². The van der Waals surface area contributed by atoms with E-state index >= 15 is 0 Å². The topological polar surface area (TPSA) is 12.0 Å². The van der Waals surface area contributed by atoms with Crippen molar-refractivity contribution in [1.82, 2.24) is 5.32 Å². The Hall–Kier alpha value is -1.26. The zero-order valence-electron chi connectivity index (χ0n) is 11.2. The first-order chi connectivity index (χ1) is 9.56. The number of hydrogen-bond donors (Lipinski definition) is 1. The van der Waals surface area contributed by atoms with Gasteiger partial charge >= 0.3 is 0 Å². The normalized spacial score (nSPS) is 12.4. The Kier molecular flexibility index (Phi) is 5.26. The molecule has 2 rings (SSSR count). The number of hydrogen-bond acceptors (Lipinski definition) is 1. The molecule has 0 spiro atoms. The smallest absolute Gasteiger partial charge is 0.124 e. The van der Waals surface area contributed by atoms with E-state index in [0.29, 0.717) is 12.8 Å². The monoisotopic (exact) mass is 339 g/mol. The molecule has 1 nitrogen and oxygen atoms in total. The van der Waals surface area contributed by atoms with E-state index in [4.69, 9.17) is 0 Å². The molecule has 4 heteroatoms. The largest absolute Gasteiger partial charge is 0.316 e. The van der Waals surface area contributed by atoms with Crippen LogP contribution in [0, 0.1) is 11.6 Å². The maximum Gasteiger partial charge on any atom is 0.124 e. The van der Waals surface area contributed by atoms with Crippen LogP contribution in [0.3, 0.4) is 0 Å². The van der Waals surface area contributed by atoms with Gasteiger partial charge in [0.25, 0.3) is 0 Å². The molecule has 1 N–H and O–H groups in total. The van der Waals surface area contributed by atoms with E-state index in [1.165, 1.54) is 24.3 Å². The average Bonchev–Trinajstić information content (AvgIpc) is 2.36. The Morgan fingerprint density at radius 3 is 2.35 bits per heavy atom. The Morgan fingerprint density at radius 2 is 1.70 bits per heavy atom. The first kappa shape index (κ1) is 15.1. The SMILES string of the molecule is CNC(Cc1cccc(F)c1)Cc1cc(F)cc(Br)c1. The standard InChI is InChI=1S/C16H16BrF2N/c1-20-16(8-11-3-2-4-14(18)6-11)9-12-5-13(17)10-15(19)7-12/h2-7,10,16,20H,8-9H2,1H3. The molecule has 0 heterocycles. The van der Waals surface area contributed by atoms with Crippen molar-refractivity contribution in [2.75, 3.05) is 7.05 Å². The number of halogens is 3. The van der Waals surface area contributed by atoms with Crippen molar-refractivity contribution in [3.63, 3.8) is 0 Å². The van der Waals surface area contributed by atoms with Gasteiger partial charge in [-0.1, -0.05) is 28.1 Å². The lowest BCUT2D eigenvalue weighted by Gasteiger charge is -2.16. The van der Waals surface area contributed by atoms with Crippen LogP contribution < -0.4 is 5.32 Å². The first-order valence-corrected chi connectivity index (χ1v) is 7.23. The van der Waals surface area contributed by atoms with E-state index in [0.717, 1.165) is 15.6 Å².